The Hall–Kier alpha value is -0.900. The van der Waals surface area contributed by atoms with Gasteiger partial charge in [-0.15, -0.1) is 11.3 Å². The molecule has 1 unspecified atom stereocenters. The number of thiophene rings is 1. The van der Waals surface area contributed by atoms with Crippen LogP contribution in [0.25, 0.3) is 0 Å². The molecule has 4 heteroatoms. The highest BCUT2D eigenvalue weighted by Crippen LogP contribution is 2.29. The van der Waals surface area contributed by atoms with E-state index in [0.717, 1.165) is 24.9 Å². The van der Waals surface area contributed by atoms with Crippen LogP contribution in [0.5, 0.6) is 0 Å². The lowest BCUT2D eigenvalue weighted by Crippen LogP contribution is -2.23. The monoisotopic (exact) mass is 325 g/mol. The van der Waals surface area contributed by atoms with E-state index in [4.69, 9.17) is 11.6 Å². The van der Waals surface area contributed by atoms with Gasteiger partial charge in [-0.05, 0) is 49.6 Å². The van der Waals surface area contributed by atoms with Gasteiger partial charge in [-0.2, -0.15) is 0 Å². The van der Waals surface area contributed by atoms with Crippen LogP contribution in [0.4, 0.5) is 4.39 Å². The van der Waals surface area contributed by atoms with Gasteiger partial charge in [0.1, 0.15) is 5.82 Å². The average molecular weight is 326 g/mol. The minimum Gasteiger partial charge on any atom is -0.309 e. The van der Waals surface area contributed by atoms with Crippen LogP contribution in [-0.4, -0.2) is 6.54 Å². The van der Waals surface area contributed by atoms with E-state index in [1.165, 1.54) is 15.8 Å². The second-order valence-electron chi connectivity index (χ2n) is 5.08. The molecular weight excluding hydrogens is 305 g/mol. The molecule has 1 atom stereocenters. The Bertz CT molecular complexity index is 582. The summed E-state index contributed by atoms with van der Waals surface area (Å²) >= 11 is 7.91. The zero-order chi connectivity index (χ0) is 15.2. The Labute approximate surface area is 135 Å². The van der Waals surface area contributed by atoms with E-state index in [2.05, 4.69) is 31.3 Å². The molecule has 0 spiro atoms. The lowest BCUT2D eigenvalue weighted by Gasteiger charge is -2.18. The quantitative estimate of drug-likeness (QED) is 0.720. The van der Waals surface area contributed by atoms with Crippen LogP contribution in [0, 0.1) is 5.82 Å². The van der Waals surface area contributed by atoms with Crippen molar-refractivity contribution in [2.75, 3.05) is 6.54 Å². The van der Waals surface area contributed by atoms with Gasteiger partial charge in [0, 0.05) is 15.8 Å². The summed E-state index contributed by atoms with van der Waals surface area (Å²) in [5.74, 6) is -0.344. The molecule has 1 nitrogen and oxygen atoms in total. The number of benzene rings is 1. The summed E-state index contributed by atoms with van der Waals surface area (Å²) in [6, 6.07) is 9.56. The van der Waals surface area contributed by atoms with Gasteiger partial charge in [0.15, 0.2) is 0 Å². The fourth-order valence-electron chi connectivity index (χ4n) is 2.29. The first-order chi connectivity index (χ1) is 10.2. The summed E-state index contributed by atoms with van der Waals surface area (Å²) in [7, 11) is 0. The predicted octanol–water partition coefficient (Wildman–Crippen LogP) is 5.39. The van der Waals surface area contributed by atoms with Gasteiger partial charge in [0.25, 0.3) is 0 Å². The minimum atomic E-state index is -0.344. The molecule has 0 amide bonds. The molecule has 0 saturated carbocycles. The fourth-order valence-corrected chi connectivity index (χ4v) is 3.52. The zero-order valence-corrected chi connectivity index (χ0v) is 14.0. The van der Waals surface area contributed by atoms with Crippen LogP contribution in [0.2, 0.25) is 5.02 Å². The molecule has 0 saturated heterocycles. The van der Waals surface area contributed by atoms with E-state index in [1.807, 2.05) is 17.4 Å². The number of hydrogen-bond acceptors (Lipinski definition) is 2. The molecule has 0 aliphatic carbocycles. The van der Waals surface area contributed by atoms with Crippen molar-refractivity contribution in [3.05, 3.63) is 56.5 Å². The molecule has 21 heavy (non-hydrogen) atoms. The van der Waals surface area contributed by atoms with Gasteiger partial charge in [-0.1, -0.05) is 37.6 Å². The number of hydrogen-bond donors (Lipinski definition) is 1. The van der Waals surface area contributed by atoms with Gasteiger partial charge >= 0.3 is 0 Å². The highest BCUT2D eigenvalue weighted by atomic mass is 35.5. The second-order valence-corrected chi connectivity index (χ2v) is 6.66. The van der Waals surface area contributed by atoms with Crippen molar-refractivity contribution in [2.45, 2.75) is 39.2 Å². The van der Waals surface area contributed by atoms with Crippen LogP contribution in [-0.2, 0) is 12.8 Å². The molecule has 0 radical (unpaired) electrons. The minimum absolute atomic E-state index is 0.189. The number of rotatable bonds is 7. The van der Waals surface area contributed by atoms with Crippen molar-refractivity contribution >= 4 is 22.9 Å². The smallest absolute Gasteiger partial charge is 0.142 e. The summed E-state index contributed by atoms with van der Waals surface area (Å²) < 4.78 is 13.6. The predicted molar refractivity (Wildman–Crippen MR) is 89.8 cm³/mol. The first-order valence-electron chi connectivity index (χ1n) is 7.40. The van der Waals surface area contributed by atoms with Crippen molar-refractivity contribution in [2.24, 2.45) is 0 Å². The van der Waals surface area contributed by atoms with Crippen LogP contribution in [0.1, 0.15) is 41.6 Å². The molecule has 1 aromatic heterocycles. The molecule has 0 bridgehead atoms. The van der Waals surface area contributed by atoms with Crippen LogP contribution >= 0.6 is 22.9 Å². The highest BCUT2D eigenvalue weighted by Gasteiger charge is 2.16. The summed E-state index contributed by atoms with van der Waals surface area (Å²) in [6.07, 6.45) is 2.82. The average Bonchev–Trinajstić information content (AvgIpc) is 2.96. The standard InChI is InChI=1S/C17H21ClFNS/c1-3-10-20-15(16-9-8-13(4-2)21-16)11-12-6-5-7-14(19)17(12)18/h5-9,15,20H,3-4,10-11H2,1-2H3. The van der Waals surface area contributed by atoms with Crippen LogP contribution in [0.3, 0.4) is 0 Å². The molecule has 1 heterocycles. The molecule has 2 aromatic rings. The lowest BCUT2D eigenvalue weighted by molar-refractivity contribution is 0.534. The Morgan fingerprint density at radius 1 is 1.24 bits per heavy atom. The van der Waals surface area contributed by atoms with E-state index >= 15 is 0 Å². The third-order valence-corrected chi connectivity index (χ3v) is 5.24. The van der Waals surface area contributed by atoms with Crippen molar-refractivity contribution in [1.29, 1.82) is 0 Å². The Morgan fingerprint density at radius 3 is 2.71 bits per heavy atom. The first kappa shape index (κ1) is 16.5. The maximum absolute atomic E-state index is 13.6. The Kier molecular flexibility index (Phi) is 6.22. The highest BCUT2D eigenvalue weighted by molar-refractivity contribution is 7.12. The van der Waals surface area contributed by atoms with Gasteiger partial charge in [-0.25, -0.2) is 4.39 Å². The number of halogens is 2. The molecule has 0 aliphatic heterocycles. The van der Waals surface area contributed by atoms with E-state index in [1.54, 1.807) is 6.07 Å². The maximum atomic E-state index is 13.6. The van der Waals surface area contributed by atoms with Gasteiger partial charge in [0.05, 0.1) is 5.02 Å². The zero-order valence-electron chi connectivity index (χ0n) is 12.5. The van der Waals surface area contributed by atoms with E-state index in [9.17, 15) is 4.39 Å². The van der Waals surface area contributed by atoms with Gasteiger partial charge < -0.3 is 5.32 Å². The van der Waals surface area contributed by atoms with E-state index < -0.39 is 0 Å². The normalized spacial score (nSPS) is 12.6. The molecule has 1 N–H and O–H groups in total. The molecule has 2 rings (SSSR count). The third kappa shape index (κ3) is 4.29. The van der Waals surface area contributed by atoms with Crippen molar-refractivity contribution in [1.82, 2.24) is 5.32 Å². The molecule has 0 aliphatic rings. The van der Waals surface area contributed by atoms with Crippen molar-refractivity contribution in [3.63, 3.8) is 0 Å². The van der Waals surface area contributed by atoms with Gasteiger partial charge in [0.2, 0.25) is 0 Å². The van der Waals surface area contributed by atoms with Crippen LogP contribution < -0.4 is 5.32 Å². The second kappa shape index (κ2) is 7.92. The molecular formula is C17H21ClFNS. The molecule has 1 aromatic carbocycles. The molecule has 114 valence electrons. The number of aryl methyl sites for hydroxylation is 1. The lowest BCUT2D eigenvalue weighted by atomic mass is 10.0. The van der Waals surface area contributed by atoms with E-state index in [-0.39, 0.29) is 16.9 Å². The van der Waals surface area contributed by atoms with Crippen molar-refractivity contribution < 1.29 is 4.39 Å². The summed E-state index contributed by atoms with van der Waals surface area (Å²) in [4.78, 5) is 2.67. The number of nitrogens with one attached hydrogen (secondary N) is 1. The summed E-state index contributed by atoms with van der Waals surface area (Å²) in [5, 5.41) is 3.79. The topological polar surface area (TPSA) is 12.0 Å². The van der Waals surface area contributed by atoms with Crippen molar-refractivity contribution in [3.8, 4) is 0 Å². The Balaban J connectivity index is 2.21. The Morgan fingerprint density at radius 2 is 2.05 bits per heavy atom. The fraction of sp³-hybridized carbons (Fsp3) is 0.412. The largest absolute Gasteiger partial charge is 0.309 e. The summed E-state index contributed by atoms with van der Waals surface area (Å²) in [6.45, 7) is 5.25. The third-order valence-electron chi connectivity index (χ3n) is 3.47. The van der Waals surface area contributed by atoms with Crippen LogP contribution in [0.15, 0.2) is 30.3 Å². The first-order valence-corrected chi connectivity index (χ1v) is 8.60. The maximum Gasteiger partial charge on any atom is 0.142 e. The van der Waals surface area contributed by atoms with Gasteiger partial charge in [-0.3, -0.25) is 0 Å². The van der Waals surface area contributed by atoms with E-state index in [0.29, 0.717) is 6.42 Å². The summed E-state index contributed by atoms with van der Waals surface area (Å²) in [5.41, 5.74) is 0.858. The molecule has 0 fully saturated rings. The SMILES string of the molecule is CCCNC(Cc1cccc(F)c1Cl)c1ccc(CC)s1.